The fourth-order valence-electron chi connectivity index (χ4n) is 9.63. The molecule has 3 aliphatic rings. The third-order valence-corrected chi connectivity index (χ3v) is 13.5. The van der Waals surface area contributed by atoms with Crippen LogP contribution in [-0.2, 0) is 31.4 Å². The second kappa shape index (κ2) is 22.4. The fraction of sp³-hybridized carbons (Fsp3) is 0.542. The molecule has 21 nitrogen and oxygen atoms in total. The Morgan fingerprint density at radius 2 is 1.83 bits per heavy atom. The van der Waals surface area contributed by atoms with Crippen molar-refractivity contribution in [2.24, 2.45) is 7.05 Å². The Balaban J connectivity index is 0.702. The van der Waals surface area contributed by atoms with Crippen LogP contribution in [0.2, 0.25) is 0 Å². The molecule has 0 saturated carbocycles. The van der Waals surface area contributed by atoms with Crippen LogP contribution in [0.5, 0.6) is 11.8 Å². The van der Waals surface area contributed by atoms with Gasteiger partial charge in [0.2, 0.25) is 17.7 Å². The molecule has 374 valence electrons. The molecule has 6 aromatic rings. The summed E-state index contributed by atoms with van der Waals surface area (Å²) in [6, 6.07) is 5.65. The first-order chi connectivity index (χ1) is 34.2. The van der Waals surface area contributed by atoms with Crippen LogP contribution in [0.15, 0.2) is 55.8 Å². The molecule has 0 bridgehead atoms. The normalized spacial score (nSPS) is 19.0. The van der Waals surface area contributed by atoms with Gasteiger partial charge in [-0.3, -0.25) is 9.48 Å². The molecule has 0 aromatic carbocycles. The number of aliphatic hydroxyl groups is 1. The minimum absolute atomic E-state index is 0.0327. The molecule has 3 aliphatic heterocycles. The number of rotatable bonds is 22. The summed E-state index contributed by atoms with van der Waals surface area (Å²) in [5.74, 6) is 3.18. The SMILES string of the molecule is C=CC(=O)N[C@@H]1CN(c2nc(Nc3cn(CCCN4CCN(CCCOc5ccc(CNc6cc(N7CCCC[C@H]7CCO)nc7c(CC)cnn67)cn5)CC4)nc3OC)c3ncn(C)c3n2)C[C@H]1F. The van der Waals surface area contributed by atoms with E-state index in [-0.39, 0.29) is 25.7 Å². The summed E-state index contributed by atoms with van der Waals surface area (Å²) >= 11 is 0. The van der Waals surface area contributed by atoms with Gasteiger partial charge in [-0.1, -0.05) is 19.6 Å². The van der Waals surface area contributed by atoms with Gasteiger partial charge in [0.25, 0.3) is 5.88 Å². The largest absolute Gasteiger partial charge is 0.478 e. The minimum atomic E-state index is -1.29. The van der Waals surface area contributed by atoms with Crippen LogP contribution in [0.25, 0.3) is 16.8 Å². The summed E-state index contributed by atoms with van der Waals surface area (Å²) in [5, 5.41) is 28.7. The van der Waals surface area contributed by atoms with E-state index < -0.39 is 18.1 Å². The summed E-state index contributed by atoms with van der Waals surface area (Å²) in [7, 11) is 3.41. The standard InChI is InChI=1S/C48H66FN17O4/c1-5-34-28-53-66-39(25-40(56-45(34)66)65-18-8-7-11-35(65)14-23-67)50-26-33-12-13-42(51-27-33)70-24-10-16-62-21-19-61(20-22-62)15-9-17-64-31-38(47(59-64)69-4)55-44-43-46(60(3)32-52-43)58-48(57-44)63-29-36(49)37(30-63)54-41(68)6-2/h6,12-13,25,27-28,31-32,35-37,50,67H,2,5,7-11,14-24,26,29-30H2,1,3-4H3,(H,54,68)(H,55,57,58)/t35-,36+,37+/m0/s1. The number of carbonyl (C=O) groups excluding carboxylic acids is 1. The van der Waals surface area contributed by atoms with Gasteiger partial charge in [0.1, 0.15) is 23.5 Å². The van der Waals surface area contributed by atoms with Gasteiger partial charge in [-0.05, 0) is 63.1 Å². The number of aliphatic hydroxyl groups excluding tert-OH is 1. The number of imidazole rings is 1. The maximum absolute atomic E-state index is 15.0. The molecule has 70 heavy (non-hydrogen) atoms. The van der Waals surface area contributed by atoms with E-state index in [1.54, 1.807) is 22.9 Å². The topological polar surface area (TPSA) is 209 Å². The monoisotopic (exact) mass is 964 g/mol. The highest BCUT2D eigenvalue weighted by atomic mass is 19.1. The molecule has 0 aliphatic carbocycles. The highest BCUT2D eigenvalue weighted by Gasteiger charge is 2.36. The molecule has 22 heteroatoms. The van der Waals surface area contributed by atoms with Gasteiger partial charge in [-0.2, -0.15) is 19.6 Å². The van der Waals surface area contributed by atoms with Gasteiger partial charge < -0.3 is 54.7 Å². The second-order valence-electron chi connectivity index (χ2n) is 18.3. The van der Waals surface area contributed by atoms with Crippen molar-refractivity contribution in [3.63, 3.8) is 0 Å². The van der Waals surface area contributed by atoms with Gasteiger partial charge in [-0.15, -0.1) is 5.10 Å². The summed E-state index contributed by atoms with van der Waals surface area (Å²) in [4.78, 5) is 44.6. The van der Waals surface area contributed by atoms with Crippen LogP contribution < -0.4 is 35.2 Å². The number of nitrogens with one attached hydrogen (secondary N) is 3. The van der Waals surface area contributed by atoms with Gasteiger partial charge in [0.05, 0.1) is 45.0 Å². The Labute approximate surface area is 407 Å². The van der Waals surface area contributed by atoms with E-state index in [1.807, 2.05) is 40.9 Å². The number of amides is 1. The number of aryl methyl sites for hydroxylation is 3. The molecule has 4 N–H and O–H groups in total. The van der Waals surface area contributed by atoms with Crippen LogP contribution in [0.1, 0.15) is 56.6 Å². The molecule has 3 atom stereocenters. The molecule has 3 fully saturated rings. The number of pyridine rings is 1. The quantitative estimate of drug-likeness (QED) is 0.0561. The van der Waals surface area contributed by atoms with Crippen molar-refractivity contribution >= 4 is 51.8 Å². The first-order valence-electron chi connectivity index (χ1n) is 24.6. The number of aromatic nitrogens is 10. The lowest BCUT2D eigenvalue weighted by atomic mass is 9.99. The number of piperazine rings is 1. The number of hydrogen-bond acceptors (Lipinski definition) is 17. The van der Waals surface area contributed by atoms with Gasteiger partial charge in [0, 0.05) is 102 Å². The van der Waals surface area contributed by atoms with E-state index in [0.29, 0.717) is 60.1 Å². The molecule has 9 heterocycles. The number of methoxy groups -OCH3 is 1. The van der Waals surface area contributed by atoms with Crippen molar-refractivity contribution in [2.75, 3.05) is 99.7 Å². The number of halogens is 1. The van der Waals surface area contributed by atoms with Crippen molar-refractivity contribution in [3.05, 3.63) is 66.9 Å². The van der Waals surface area contributed by atoms with Crippen LogP contribution in [0, 0.1) is 0 Å². The lowest BCUT2D eigenvalue weighted by Crippen LogP contribution is -2.47. The van der Waals surface area contributed by atoms with Crippen molar-refractivity contribution < 1.29 is 23.8 Å². The van der Waals surface area contributed by atoms with Crippen LogP contribution in [0.4, 0.5) is 33.5 Å². The minimum Gasteiger partial charge on any atom is -0.478 e. The van der Waals surface area contributed by atoms with E-state index in [9.17, 15) is 14.3 Å². The Morgan fingerprint density at radius 3 is 2.59 bits per heavy atom. The van der Waals surface area contributed by atoms with Gasteiger partial charge >= 0.3 is 0 Å². The van der Waals surface area contributed by atoms with Crippen LogP contribution in [-0.4, -0.2) is 167 Å². The van der Waals surface area contributed by atoms with Crippen LogP contribution in [0.3, 0.4) is 0 Å². The zero-order valence-electron chi connectivity index (χ0n) is 40.5. The number of piperidine rings is 1. The molecule has 1 amide bonds. The molecular weight excluding hydrogens is 898 g/mol. The number of carbonyl (C=O) groups is 1. The average molecular weight is 964 g/mol. The maximum atomic E-state index is 15.0. The fourth-order valence-corrected chi connectivity index (χ4v) is 9.63. The maximum Gasteiger partial charge on any atom is 0.256 e. The number of fused-ring (bicyclic) bond motifs is 2. The van der Waals surface area contributed by atoms with Crippen molar-refractivity contribution in [2.45, 2.75) is 83.2 Å². The summed E-state index contributed by atoms with van der Waals surface area (Å²) in [5.41, 5.74) is 4.75. The summed E-state index contributed by atoms with van der Waals surface area (Å²) < 4.78 is 32.2. The zero-order chi connectivity index (χ0) is 48.6. The molecule has 9 rings (SSSR count). The predicted octanol–water partition coefficient (Wildman–Crippen LogP) is 3.97. The average Bonchev–Trinajstić information content (AvgIpc) is 4.18. The Bertz CT molecular complexity index is 2700. The highest BCUT2D eigenvalue weighted by molar-refractivity contribution is 5.88. The van der Waals surface area contributed by atoms with Crippen molar-refractivity contribution in [3.8, 4) is 11.8 Å². The molecule has 0 spiro atoms. The number of nitrogens with zero attached hydrogens (tertiary/aromatic N) is 14. The van der Waals surface area contributed by atoms with E-state index in [0.717, 1.165) is 119 Å². The van der Waals surface area contributed by atoms with E-state index in [1.165, 1.54) is 6.42 Å². The van der Waals surface area contributed by atoms with Crippen LogP contribution >= 0.6 is 0 Å². The highest BCUT2D eigenvalue weighted by Crippen LogP contribution is 2.32. The molecular formula is C48H66FN17O4. The lowest BCUT2D eigenvalue weighted by Gasteiger charge is -2.36. The Morgan fingerprint density at radius 1 is 1.00 bits per heavy atom. The summed E-state index contributed by atoms with van der Waals surface area (Å²) in [6.07, 6.45) is 13.9. The Hall–Kier alpha value is -6.65. The van der Waals surface area contributed by atoms with E-state index in [2.05, 4.69) is 81.4 Å². The number of hydrogen-bond donors (Lipinski definition) is 4. The summed E-state index contributed by atoms with van der Waals surface area (Å²) in [6.45, 7) is 14.7. The third-order valence-electron chi connectivity index (χ3n) is 13.5. The van der Waals surface area contributed by atoms with Crippen molar-refractivity contribution in [1.82, 2.24) is 64.0 Å². The zero-order valence-corrected chi connectivity index (χ0v) is 40.5. The van der Waals surface area contributed by atoms with Gasteiger partial charge in [0.15, 0.2) is 22.6 Å². The first-order valence-corrected chi connectivity index (χ1v) is 24.6. The van der Waals surface area contributed by atoms with Crippen molar-refractivity contribution in [1.29, 1.82) is 0 Å². The second-order valence-corrected chi connectivity index (χ2v) is 18.3. The molecule has 0 unspecified atom stereocenters. The van der Waals surface area contributed by atoms with Gasteiger partial charge in [-0.25, -0.2) is 19.3 Å². The molecule has 3 saturated heterocycles. The smallest absolute Gasteiger partial charge is 0.256 e. The third kappa shape index (κ3) is 11.2. The number of alkyl halides is 1. The van der Waals surface area contributed by atoms with E-state index >= 15 is 0 Å². The number of ether oxygens (including phenoxy) is 2. The van der Waals surface area contributed by atoms with E-state index in [4.69, 9.17) is 19.4 Å². The first kappa shape index (κ1) is 48.4. The predicted molar refractivity (Wildman–Crippen MR) is 266 cm³/mol. The Kier molecular flexibility index (Phi) is 15.5. The number of anilines is 5. The lowest BCUT2D eigenvalue weighted by molar-refractivity contribution is -0.117. The molecule has 6 aromatic heterocycles. The molecule has 0 radical (unpaired) electrons.